The minimum absolute atomic E-state index is 0.00665. The molecule has 1 fully saturated rings. The molecule has 0 unspecified atom stereocenters. The van der Waals surface area contributed by atoms with Crippen LogP contribution in [0.2, 0.25) is 0 Å². The highest BCUT2D eigenvalue weighted by Crippen LogP contribution is 2.31. The molecule has 1 amide bonds. The number of ether oxygens (including phenoxy) is 2. The minimum Gasteiger partial charge on any atom is -0.497 e. The number of rotatable bonds is 7. The topological polar surface area (TPSA) is 85.6 Å². The van der Waals surface area contributed by atoms with E-state index in [1.165, 1.54) is 12.1 Å². The van der Waals surface area contributed by atoms with Gasteiger partial charge in [0.05, 0.1) is 24.9 Å². The average molecular weight is 476 g/mol. The highest BCUT2D eigenvalue weighted by atomic mass is 19.4. The normalized spacial score (nSPS) is 14.8. The van der Waals surface area contributed by atoms with Crippen LogP contribution in [0, 0.1) is 0 Å². The largest absolute Gasteiger partial charge is 0.497 e. The average Bonchev–Trinajstić information content (AvgIpc) is 3.31. The number of nitrogens with zero attached hydrogens (tertiary/aromatic N) is 6. The van der Waals surface area contributed by atoms with E-state index in [4.69, 9.17) is 9.47 Å². The lowest BCUT2D eigenvalue weighted by atomic mass is 10.2. The molecule has 1 aliphatic rings. The molecule has 1 aliphatic heterocycles. The first-order valence-electron chi connectivity index (χ1n) is 10.6. The van der Waals surface area contributed by atoms with Gasteiger partial charge in [-0.05, 0) is 52.9 Å². The second kappa shape index (κ2) is 10.1. The van der Waals surface area contributed by atoms with Gasteiger partial charge in [-0.25, -0.2) is 0 Å². The van der Waals surface area contributed by atoms with Crippen molar-refractivity contribution in [3.63, 3.8) is 0 Å². The van der Waals surface area contributed by atoms with Crippen LogP contribution in [-0.2, 0) is 17.5 Å². The maximum Gasteiger partial charge on any atom is 0.416 e. The molecule has 9 nitrogen and oxygen atoms in total. The molecule has 1 saturated heterocycles. The van der Waals surface area contributed by atoms with Gasteiger partial charge in [0.2, 0.25) is 0 Å². The van der Waals surface area contributed by atoms with Gasteiger partial charge in [-0.15, -0.1) is 5.10 Å². The Hall–Kier alpha value is -3.67. The number of carbonyl (C=O) groups is 1. The van der Waals surface area contributed by atoms with E-state index >= 15 is 0 Å². The first-order chi connectivity index (χ1) is 16.3. The van der Waals surface area contributed by atoms with Crippen LogP contribution in [0.5, 0.6) is 11.5 Å². The predicted molar refractivity (Wildman–Crippen MR) is 115 cm³/mol. The molecule has 3 aromatic rings. The van der Waals surface area contributed by atoms with Gasteiger partial charge in [-0.1, -0.05) is 6.07 Å². The quantitative estimate of drug-likeness (QED) is 0.518. The number of halogens is 3. The summed E-state index contributed by atoms with van der Waals surface area (Å²) in [6, 6.07) is 11.9. The van der Waals surface area contributed by atoms with Crippen molar-refractivity contribution in [1.29, 1.82) is 0 Å². The molecule has 12 heteroatoms. The highest BCUT2D eigenvalue weighted by Gasteiger charge is 2.30. The van der Waals surface area contributed by atoms with E-state index in [9.17, 15) is 18.0 Å². The lowest BCUT2D eigenvalue weighted by Gasteiger charge is -2.34. The number of tetrazole rings is 1. The van der Waals surface area contributed by atoms with Gasteiger partial charge in [0.1, 0.15) is 11.5 Å². The number of piperazine rings is 1. The van der Waals surface area contributed by atoms with Crippen molar-refractivity contribution in [3.05, 3.63) is 59.9 Å². The molecule has 2 heterocycles. The van der Waals surface area contributed by atoms with Gasteiger partial charge in [0, 0.05) is 26.2 Å². The van der Waals surface area contributed by atoms with E-state index in [0.29, 0.717) is 38.5 Å². The van der Waals surface area contributed by atoms with Crippen LogP contribution < -0.4 is 9.47 Å². The van der Waals surface area contributed by atoms with Gasteiger partial charge in [0.25, 0.3) is 5.91 Å². The molecule has 0 radical (unpaired) electrons. The summed E-state index contributed by atoms with van der Waals surface area (Å²) < 4.78 is 50.6. The zero-order valence-electron chi connectivity index (χ0n) is 18.4. The van der Waals surface area contributed by atoms with Crippen molar-refractivity contribution >= 4 is 5.91 Å². The number of carbonyl (C=O) groups excluding carboxylic acids is 1. The molecule has 0 spiro atoms. The molecule has 0 atom stereocenters. The number of hydrogen-bond acceptors (Lipinski definition) is 7. The SMILES string of the molecule is COc1ccc(-n2nnnc2CN2CCN(C(=O)COc3cccc(C(F)(F)F)c3)CC2)cc1. The van der Waals surface area contributed by atoms with Crippen LogP contribution in [0.1, 0.15) is 11.4 Å². The summed E-state index contributed by atoms with van der Waals surface area (Å²) in [5.74, 6) is 1.13. The van der Waals surface area contributed by atoms with Crippen molar-refractivity contribution in [2.75, 3.05) is 39.9 Å². The second-order valence-corrected chi connectivity index (χ2v) is 7.68. The van der Waals surface area contributed by atoms with Crippen molar-refractivity contribution in [2.45, 2.75) is 12.7 Å². The van der Waals surface area contributed by atoms with E-state index in [2.05, 4.69) is 20.4 Å². The van der Waals surface area contributed by atoms with E-state index in [1.54, 1.807) is 16.7 Å². The zero-order chi connectivity index (χ0) is 24.1. The molecular weight excluding hydrogens is 453 g/mol. The lowest BCUT2D eigenvalue weighted by molar-refractivity contribution is -0.137. The van der Waals surface area contributed by atoms with Crippen molar-refractivity contribution in [2.24, 2.45) is 0 Å². The fourth-order valence-corrected chi connectivity index (χ4v) is 3.58. The Bertz CT molecular complexity index is 1110. The molecule has 0 aliphatic carbocycles. The molecule has 1 aromatic heterocycles. The van der Waals surface area contributed by atoms with Crippen molar-refractivity contribution in [1.82, 2.24) is 30.0 Å². The second-order valence-electron chi connectivity index (χ2n) is 7.68. The van der Waals surface area contributed by atoms with E-state index in [0.717, 1.165) is 23.6 Å². The smallest absolute Gasteiger partial charge is 0.416 e. The maximum absolute atomic E-state index is 12.8. The summed E-state index contributed by atoms with van der Waals surface area (Å²) >= 11 is 0. The lowest BCUT2D eigenvalue weighted by Crippen LogP contribution is -2.49. The molecule has 34 heavy (non-hydrogen) atoms. The monoisotopic (exact) mass is 476 g/mol. The summed E-state index contributed by atoms with van der Waals surface area (Å²) in [5, 5.41) is 12.0. The van der Waals surface area contributed by atoms with Crippen LogP contribution in [0.4, 0.5) is 13.2 Å². The van der Waals surface area contributed by atoms with Crippen molar-refractivity contribution < 1.29 is 27.4 Å². The van der Waals surface area contributed by atoms with E-state index in [1.807, 2.05) is 24.3 Å². The summed E-state index contributed by atoms with van der Waals surface area (Å²) in [7, 11) is 1.60. The zero-order valence-corrected chi connectivity index (χ0v) is 18.4. The Kier molecular flexibility index (Phi) is 6.96. The Balaban J connectivity index is 1.28. The molecule has 0 N–H and O–H groups in total. The van der Waals surface area contributed by atoms with Crippen LogP contribution in [-0.4, -0.2) is 75.8 Å². The summed E-state index contributed by atoms with van der Waals surface area (Å²) in [5.41, 5.74) is -0.00982. The summed E-state index contributed by atoms with van der Waals surface area (Å²) in [4.78, 5) is 16.2. The van der Waals surface area contributed by atoms with Crippen LogP contribution >= 0.6 is 0 Å². The Morgan fingerprint density at radius 1 is 1.03 bits per heavy atom. The standard InChI is InChI=1S/C22H23F3N6O3/c1-33-18-7-5-17(6-8-18)31-20(26-27-28-31)14-29-9-11-30(12-10-29)21(32)15-34-19-4-2-3-16(13-19)22(23,24)25/h2-8,13H,9-12,14-15H2,1H3. The summed E-state index contributed by atoms with van der Waals surface area (Å²) in [6.45, 7) is 2.32. The van der Waals surface area contributed by atoms with Gasteiger partial charge >= 0.3 is 6.18 Å². The molecule has 4 rings (SSSR count). The van der Waals surface area contributed by atoms with Crippen LogP contribution in [0.25, 0.3) is 5.69 Å². The molecule has 0 bridgehead atoms. The number of benzene rings is 2. The van der Waals surface area contributed by atoms with E-state index < -0.39 is 11.7 Å². The Morgan fingerprint density at radius 3 is 2.44 bits per heavy atom. The van der Waals surface area contributed by atoms with Gasteiger partial charge < -0.3 is 14.4 Å². The Morgan fingerprint density at radius 2 is 1.76 bits per heavy atom. The minimum atomic E-state index is -4.47. The fraction of sp³-hybridized carbons (Fsp3) is 0.364. The molecular formula is C22H23F3N6O3. The number of alkyl halides is 3. The number of amides is 1. The predicted octanol–water partition coefficient (Wildman–Crippen LogP) is 2.41. The number of methoxy groups -OCH3 is 1. The van der Waals surface area contributed by atoms with Crippen molar-refractivity contribution in [3.8, 4) is 17.2 Å². The Labute approximate surface area is 193 Å². The maximum atomic E-state index is 12.8. The number of hydrogen-bond donors (Lipinski definition) is 0. The van der Waals surface area contributed by atoms with Gasteiger partial charge in [-0.3, -0.25) is 9.69 Å². The van der Waals surface area contributed by atoms with E-state index in [-0.39, 0.29) is 18.3 Å². The third-order valence-corrected chi connectivity index (χ3v) is 5.46. The molecule has 0 saturated carbocycles. The fourth-order valence-electron chi connectivity index (χ4n) is 3.58. The first-order valence-corrected chi connectivity index (χ1v) is 10.6. The third-order valence-electron chi connectivity index (χ3n) is 5.46. The first kappa shape index (κ1) is 23.5. The van der Waals surface area contributed by atoms with Gasteiger partial charge in [0.15, 0.2) is 12.4 Å². The van der Waals surface area contributed by atoms with Gasteiger partial charge in [-0.2, -0.15) is 17.9 Å². The molecule has 2 aromatic carbocycles. The number of aromatic nitrogens is 4. The molecule has 180 valence electrons. The third kappa shape index (κ3) is 5.63. The van der Waals surface area contributed by atoms with Crippen LogP contribution in [0.3, 0.4) is 0 Å². The highest BCUT2D eigenvalue weighted by molar-refractivity contribution is 5.77. The summed E-state index contributed by atoms with van der Waals surface area (Å²) in [6.07, 6.45) is -4.47. The van der Waals surface area contributed by atoms with Crippen LogP contribution in [0.15, 0.2) is 48.5 Å².